The van der Waals surface area contributed by atoms with Gasteiger partial charge in [-0.3, -0.25) is 4.99 Å². The number of carbonyl (C=O) groups is 1. The Hall–Kier alpha value is -3.34. The Balaban J connectivity index is 1.71. The molecule has 0 saturated carbocycles. The van der Waals surface area contributed by atoms with E-state index in [9.17, 15) is 9.90 Å². The molecule has 0 atom stereocenters. The van der Waals surface area contributed by atoms with Gasteiger partial charge in [-0.1, -0.05) is 62.1 Å². The van der Waals surface area contributed by atoms with Gasteiger partial charge in [0, 0.05) is 30.9 Å². The summed E-state index contributed by atoms with van der Waals surface area (Å²) in [5.41, 5.74) is 2.60. The highest BCUT2D eigenvalue weighted by atomic mass is 16.5. The molecule has 0 amide bonds. The molecule has 2 N–H and O–H groups in total. The molecule has 0 aliphatic carbocycles. The lowest BCUT2D eigenvalue weighted by atomic mass is 10.0. The lowest BCUT2D eigenvalue weighted by molar-refractivity contribution is -0.107. The van der Waals surface area contributed by atoms with Crippen LogP contribution in [0.2, 0.25) is 0 Å². The Labute approximate surface area is 204 Å². The summed E-state index contributed by atoms with van der Waals surface area (Å²) in [5.74, 6) is 0.925. The molecule has 2 aromatic carbocycles. The second kappa shape index (κ2) is 17.2. The number of phenolic OH excluding ortho intramolecular Hbond substituents is 1. The minimum absolute atomic E-state index is 0.181. The van der Waals surface area contributed by atoms with Crippen LogP contribution in [-0.4, -0.2) is 37.3 Å². The Morgan fingerprint density at radius 2 is 1.79 bits per heavy atom. The Bertz CT molecular complexity index is 907. The van der Waals surface area contributed by atoms with Gasteiger partial charge in [0.05, 0.1) is 13.2 Å². The van der Waals surface area contributed by atoms with Crippen molar-refractivity contribution in [3.05, 3.63) is 78.5 Å². The van der Waals surface area contributed by atoms with E-state index in [4.69, 9.17) is 4.74 Å². The van der Waals surface area contributed by atoms with Crippen LogP contribution in [0.3, 0.4) is 0 Å². The van der Waals surface area contributed by atoms with E-state index in [1.165, 1.54) is 32.1 Å². The number of rotatable bonds is 18. The molecular formula is C29H38N2O3. The molecule has 0 radical (unpaired) electrons. The number of hydrogen-bond donors (Lipinski definition) is 2. The quantitative estimate of drug-likeness (QED) is 0.118. The van der Waals surface area contributed by atoms with E-state index >= 15 is 0 Å². The molecule has 5 nitrogen and oxygen atoms in total. The van der Waals surface area contributed by atoms with Crippen molar-refractivity contribution in [2.75, 3.05) is 19.7 Å². The summed E-state index contributed by atoms with van der Waals surface area (Å²) >= 11 is 0. The molecule has 0 unspecified atom stereocenters. The molecule has 5 heteroatoms. The molecule has 0 aliphatic rings. The van der Waals surface area contributed by atoms with Crippen LogP contribution in [0.5, 0.6) is 11.5 Å². The molecule has 0 aliphatic heterocycles. The minimum atomic E-state index is 0.181. The fourth-order valence-electron chi connectivity index (χ4n) is 3.50. The van der Waals surface area contributed by atoms with Gasteiger partial charge in [0.1, 0.15) is 17.8 Å². The molecular weight excluding hydrogens is 424 g/mol. The Kier molecular flexibility index (Phi) is 13.6. The van der Waals surface area contributed by atoms with E-state index in [-0.39, 0.29) is 5.75 Å². The van der Waals surface area contributed by atoms with Crippen molar-refractivity contribution in [2.24, 2.45) is 4.99 Å². The molecule has 2 aromatic rings. The van der Waals surface area contributed by atoms with Crippen molar-refractivity contribution >= 4 is 18.1 Å². The van der Waals surface area contributed by atoms with Crippen LogP contribution in [0.25, 0.3) is 5.57 Å². The number of carbonyl (C=O) groups excluding carboxylic acids is 1. The van der Waals surface area contributed by atoms with Gasteiger partial charge in [-0.15, -0.1) is 6.58 Å². The van der Waals surface area contributed by atoms with Crippen LogP contribution in [0.15, 0.2) is 72.4 Å². The predicted octanol–water partition coefficient (Wildman–Crippen LogP) is 6.33. The standard InChI is InChI=1S/C29H38N2O3/c1-2-3-4-5-6-7-8-12-21-34-28-15-16-29(33)27(22-28)24-31-19-18-30-23-26(17-20-32)25-13-10-9-11-14-25/h2,9-11,13-16,20,22-24,30,33H,1,3-8,12,17-19,21H2/b26-23+,31-24?. The zero-order valence-electron chi connectivity index (χ0n) is 20.1. The number of unbranched alkanes of at least 4 members (excludes halogenated alkanes) is 6. The zero-order valence-corrected chi connectivity index (χ0v) is 20.1. The summed E-state index contributed by atoms with van der Waals surface area (Å²) in [5, 5.41) is 13.3. The molecule has 0 spiro atoms. The van der Waals surface area contributed by atoms with Crippen molar-refractivity contribution in [1.82, 2.24) is 5.32 Å². The third-order valence-electron chi connectivity index (χ3n) is 5.41. The Morgan fingerprint density at radius 1 is 1.03 bits per heavy atom. The predicted molar refractivity (Wildman–Crippen MR) is 142 cm³/mol. The van der Waals surface area contributed by atoms with Gasteiger partial charge < -0.3 is 20.0 Å². The van der Waals surface area contributed by atoms with Crippen molar-refractivity contribution in [1.29, 1.82) is 0 Å². The van der Waals surface area contributed by atoms with Gasteiger partial charge in [0.2, 0.25) is 0 Å². The zero-order chi connectivity index (χ0) is 24.3. The number of allylic oxidation sites excluding steroid dienone is 2. The Morgan fingerprint density at radius 3 is 2.56 bits per heavy atom. The summed E-state index contributed by atoms with van der Waals surface area (Å²) in [7, 11) is 0. The smallest absolute Gasteiger partial charge is 0.124 e. The average Bonchev–Trinajstić information content (AvgIpc) is 2.86. The summed E-state index contributed by atoms with van der Waals surface area (Å²) in [4.78, 5) is 15.4. The van der Waals surface area contributed by atoms with E-state index in [1.54, 1.807) is 18.3 Å². The van der Waals surface area contributed by atoms with E-state index in [0.29, 0.717) is 31.7 Å². The van der Waals surface area contributed by atoms with Gasteiger partial charge in [0.25, 0.3) is 0 Å². The van der Waals surface area contributed by atoms with Crippen LogP contribution < -0.4 is 10.1 Å². The first-order valence-electron chi connectivity index (χ1n) is 12.2. The SMILES string of the molecule is C=CCCCCCCCCOc1ccc(O)c(C=NCCN/C=C(\CC=O)c2ccccc2)c1. The highest BCUT2D eigenvalue weighted by molar-refractivity contribution is 5.84. The summed E-state index contributed by atoms with van der Waals surface area (Å²) in [6.45, 7) is 5.59. The number of aldehydes is 1. The molecule has 2 rings (SSSR count). The van der Waals surface area contributed by atoms with E-state index < -0.39 is 0 Å². The van der Waals surface area contributed by atoms with Crippen molar-refractivity contribution in [3.63, 3.8) is 0 Å². The van der Waals surface area contributed by atoms with Crippen LogP contribution in [0.4, 0.5) is 0 Å². The summed E-state index contributed by atoms with van der Waals surface area (Å²) in [6.07, 6.45) is 15.1. The number of nitrogens with zero attached hydrogens (tertiary/aromatic N) is 1. The van der Waals surface area contributed by atoms with Gasteiger partial charge in [-0.05, 0) is 48.6 Å². The first-order valence-corrected chi connectivity index (χ1v) is 12.2. The van der Waals surface area contributed by atoms with Crippen LogP contribution in [0, 0.1) is 0 Å². The van der Waals surface area contributed by atoms with Gasteiger partial charge in [0.15, 0.2) is 0 Å². The van der Waals surface area contributed by atoms with Gasteiger partial charge >= 0.3 is 0 Å². The molecule has 0 saturated heterocycles. The first kappa shape index (κ1) is 26.9. The first-order chi connectivity index (χ1) is 16.7. The van der Waals surface area contributed by atoms with Crippen molar-refractivity contribution in [2.45, 2.75) is 51.4 Å². The second-order valence-electron chi connectivity index (χ2n) is 8.16. The third-order valence-corrected chi connectivity index (χ3v) is 5.41. The molecule has 0 fully saturated rings. The maximum atomic E-state index is 11.0. The lowest BCUT2D eigenvalue weighted by Gasteiger charge is -2.08. The third kappa shape index (κ3) is 11.0. The number of phenols is 1. The number of aliphatic imine (C=N–C) groups is 1. The normalized spacial score (nSPS) is 11.5. The van der Waals surface area contributed by atoms with Crippen molar-refractivity contribution < 1.29 is 14.6 Å². The number of benzene rings is 2. The molecule has 34 heavy (non-hydrogen) atoms. The number of ether oxygens (including phenoxy) is 1. The topological polar surface area (TPSA) is 70.9 Å². The molecule has 0 aromatic heterocycles. The van der Waals surface area contributed by atoms with Crippen molar-refractivity contribution in [3.8, 4) is 11.5 Å². The fourth-order valence-corrected chi connectivity index (χ4v) is 3.50. The number of hydrogen-bond acceptors (Lipinski definition) is 5. The lowest BCUT2D eigenvalue weighted by Crippen LogP contribution is -2.11. The second-order valence-corrected chi connectivity index (χ2v) is 8.16. The number of nitrogens with one attached hydrogen (secondary N) is 1. The highest BCUT2D eigenvalue weighted by Crippen LogP contribution is 2.22. The summed E-state index contributed by atoms with van der Waals surface area (Å²) in [6, 6.07) is 15.1. The van der Waals surface area contributed by atoms with E-state index in [1.807, 2.05) is 48.7 Å². The molecule has 0 bridgehead atoms. The van der Waals surface area contributed by atoms with Gasteiger partial charge in [-0.2, -0.15) is 0 Å². The van der Waals surface area contributed by atoms with Crippen LogP contribution >= 0.6 is 0 Å². The average molecular weight is 463 g/mol. The van der Waals surface area contributed by atoms with Crippen LogP contribution in [0.1, 0.15) is 62.5 Å². The van der Waals surface area contributed by atoms with Gasteiger partial charge in [-0.25, -0.2) is 0 Å². The fraction of sp³-hybridized carbons (Fsp3) is 0.379. The maximum Gasteiger partial charge on any atom is 0.124 e. The maximum absolute atomic E-state index is 11.0. The number of aromatic hydroxyl groups is 1. The van der Waals surface area contributed by atoms with E-state index in [0.717, 1.165) is 36.0 Å². The largest absolute Gasteiger partial charge is 0.507 e. The van der Waals surface area contributed by atoms with Crippen LogP contribution in [-0.2, 0) is 4.79 Å². The summed E-state index contributed by atoms with van der Waals surface area (Å²) < 4.78 is 5.85. The molecule has 182 valence electrons. The molecule has 0 heterocycles. The highest BCUT2D eigenvalue weighted by Gasteiger charge is 2.02. The minimum Gasteiger partial charge on any atom is -0.507 e. The van der Waals surface area contributed by atoms with E-state index in [2.05, 4.69) is 16.9 Å². The monoisotopic (exact) mass is 462 g/mol.